The molecule has 0 aliphatic rings. The minimum atomic E-state index is -2.88. The minimum absolute atomic E-state index is 0.0168. The Bertz CT molecular complexity index is 313. The van der Waals surface area contributed by atoms with Gasteiger partial charge in [-0.3, -0.25) is 0 Å². The lowest BCUT2D eigenvalue weighted by Gasteiger charge is -2.04. The Morgan fingerprint density at radius 3 is 2.14 bits per heavy atom. The number of ether oxygens (including phenoxy) is 2. The zero-order valence-electron chi connectivity index (χ0n) is 6.94. The molecule has 0 unspecified atom stereocenters. The lowest BCUT2D eigenvalue weighted by atomic mass is 10.3. The Balaban J connectivity index is 2.63. The van der Waals surface area contributed by atoms with E-state index in [2.05, 4.69) is 9.47 Å². The average molecular weight is 203 g/mol. The molecule has 0 aromatic heterocycles. The Hall–Kier alpha value is -1.85. The maximum Gasteiger partial charge on any atom is 0.409 e. The molecule has 76 valence electrons. The normalized spacial score (nSPS) is 9.93. The highest BCUT2D eigenvalue weighted by Gasteiger charge is 2.04. The van der Waals surface area contributed by atoms with E-state index in [0.717, 1.165) is 0 Å². The first-order valence-electron chi connectivity index (χ1n) is 3.60. The number of carbonyl (C=O) groups excluding carboxylic acids is 1. The first-order valence-corrected chi connectivity index (χ1v) is 3.60. The van der Waals surface area contributed by atoms with E-state index in [-0.39, 0.29) is 11.5 Å². The third kappa shape index (κ3) is 3.26. The molecule has 0 saturated carbocycles. The van der Waals surface area contributed by atoms with Crippen LogP contribution in [0.2, 0.25) is 0 Å². The van der Waals surface area contributed by atoms with Crippen LogP contribution in [0.4, 0.5) is 13.6 Å². The van der Waals surface area contributed by atoms with E-state index in [9.17, 15) is 13.6 Å². The molecule has 14 heavy (non-hydrogen) atoms. The number of alkyl halides is 2. The highest BCUT2D eigenvalue weighted by atomic mass is 19.3. The average Bonchev–Trinajstić information content (AvgIpc) is 2.06. The first kappa shape index (κ1) is 10.2. The van der Waals surface area contributed by atoms with Gasteiger partial charge in [-0.05, 0) is 24.3 Å². The second-order valence-electron chi connectivity index (χ2n) is 2.27. The molecule has 0 spiro atoms. The van der Waals surface area contributed by atoms with Crippen LogP contribution >= 0.6 is 0 Å². The number of hydrogen-bond acceptors (Lipinski definition) is 3. The van der Waals surface area contributed by atoms with E-state index in [1.807, 2.05) is 0 Å². The molecule has 0 saturated heterocycles. The van der Waals surface area contributed by atoms with Gasteiger partial charge in [-0.1, -0.05) is 0 Å². The maximum absolute atomic E-state index is 11.7. The smallest absolute Gasteiger partial charge is 0.409 e. The van der Waals surface area contributed by atoms with Crippen molar-refractivity contribution in [2.75, 3.05) is 0 Å². The molecule has 1 aromatic carbocycles. The van der Waals surface area contributed by atoms with Gasteiger partial charge in [-0.15, -0.1) is 0 Å². The van der Waals surface area contributed by atoms with Gasteiger partial charge in [0.15, 0.2) is 0 Å². The van der Waals surface area contributed by atoms with Gasteiger partial charge in [0.05, 0.1) is 0 Å². The molecule has 1 amide bonds. The third-order valence-electron chi connectivity index (χ3n) is 1.27. The molecule has 0 aliphatic heterocycles. The van der Waals surface area contributed by atoms with Gasteiger partial charge >= 0.3 is 12.7 Å². The summed E-state index contributed by atoms with van der Waals surface area (Å²) in [5, 5.41) is 0. The highest BCUT2D eigenvalue weighted by Crippen LogP contribution is 2.18. The fourth-order valence-corrected chi connectivity index (χ4v) is 0.805. The molecule has 6 heteroatoms. The molecule has 0 bridgehead atoms. The molecule has 0 heterocycles. The van der Waals surface area contributed by atoms with Crippen LogP contribution in [0.3, 0.4) is 0 Å². The predicted molar refractivity (Wildman–Crippen MR) is 43.3 cm³/mol. The van der Waals surface area contributed by atoms with Gasteiger partial charge < -0.3 is 15.2 Å². The van der Waals surface area contributed by atoms with Crippen LogP contribution < -0.4 is 15.2 Å². The molecule has 2 N–H and O–H groups in total. The van der Waals surface area contributed by atoms with E-state index in [4.69, 9.17) is 5.73 Å². The van der Waals surface area contributed by atoms with E-state index in [0.29, 0.717) is 0 Å². The molecular weight excluding hydrogens is 196 g/mol. The Labute approximate surface area is 78.2 Å². The Morgan fingerprint density at radius 2 is 1.71 bits per heavy atom. The van der Waals surface area contributed by atoms with Crippen LogP contribution in [-0.2, 0) is 0 Å². The fourth-order valence-electron chi connectivity index (χ4n) is 0.805. The zero-order valence-corrected chi connectivity index (χ0v) is 6.94. The summed E-state index contributed by atoms with van der Waals surface area (Å²) in [6, 6.07) is 5.07. The van der Waals surface area contributed by atoms with Crippen molar-refractivity contribution < 1.29 is 23.0 Å². The SMILES string of the molecule is NC(=O)Oc1ccc(OC(F)F)cc1. The van der Waals surface area contributed by atoms with Crippen molar-refractivity contribution in [3.63, 3.8) is 0 Å². The number of primary amides is 1. The lowest BCUT2D eigenvalue weighted by molar-refractivity contribution is -0.0498. The minimum Gasteiger partial charge on any atom is -0.435 e. The molecule has 4 nitrogen and oxygen atoms in total. The summed E-state index contributed by atoms with van der Waals surface area (Å²) >= 11 is 0. The molecule has 1 rings (SSSR count). The van der Waals surface area contributed by atoms with Crippen molar-refractivity contribution >= 4 is 6.09 Å². The molecule has 0 aliphatic carbocycles. The van der Waals surface area contributed by atoms with Crippen LogP contribution in [0.5, 0.6) is 11.5 Å². The van der Waals surface area contributed by atoms with Crippen molar-refractivity contribution in [3.8, 4) is 11.5 Å². The van der Waals surface area contributed by atoms with Gasteiger partial charge in [0.2, 0.25) is 0 Å². The van der Waals surface area contributed by atoms with Gasteiger partial charge in [0, 0.05) is 0 Å². The van der Waals surface area contributed by atoms with Gasteiger partial charge in [0.25, 0.3) is 0 Å². The fraction of sp³-hybridized carbons (Fsp3) is 0.125. The van der Waals surface area contributed by atoms with E-state index >= 15 is 0 Å². The van der Waals surface area contributed by atoms with Crippen molar-refractivity contribution in [3.05, 3.63) is 24.3 Å². The van der Waals surface area contributed by atoms with E-state index in [1.54, 1.807) is 0 Å². The number of carbonyl (C=O) groups is 1. The quantitative estimate of drug-likeness (QED) is 0.813. The first-order chi connectivity index (χ1) is 6.58. The topological polar surface area (TPSA) is 61.6 Å². The number of nitrogens with two attached hydrogens (primary N) is 1. The molecule has 1 aromatic rings. The van der Waals surface area contributed by atoms with E-state index in [1.165, 1.54) is 24.3 Å². The van der Waals surface area contributed by atoms with Crippen LogP contribution in [-0.4, -0.2) is 12.7 Å². The standard InChI is InChI=1S/C8H7F2NO3/c9-7(10)13-5-1-3-6(4-2-5)14-8(11)12/h1-4,7H,(H2,11,12). The predicted octanol–water partition coefficient (Wildman–Crippen LogP) is 1.75. The van der Waals surface area contributed by atoms with Crippen LogP contribution in [0, 0.1) is 0 Å². The zero-order chi connectivity index (χ0) is 10.6. The monoisotopic (exact) mass is 203 g/mol. The van der Waals surface area contributed by atoms with Gasteiger partial charge in [0.1, 0.15) is 11.5 Å². The Kier molecular flexibility index (Phi) is 3.22. The Morgan fingerprint density at radius 1 is 1.21 bits per heavy atom. The van der Waals surface area contributed by atoms with Crippen molar-refractivity contribution in [1.29, 1.82) is 0 Å². The summed E-state index contributed by atoms with van der Waals surface area (Å²) in [7, 11) is 0. The summed E-state index contributed by atoms with van der Waals surface area (Å²) in [6.45, 7) is -2.88. The number of hydrogen-bond donors (Lipinski definition) is 1. The largest absolute Gasteiger partial charge is 0.435 e. The molecule has 0 atom stereocenters. The number of benzene rings is 1. The summed E-state index contributed by atoms with van der Waals surface area (Å²) in [4.78, 5) is 10.3. The second kappa shape index (κ2) is 4.40. The number of amides is 1. The lowest BCUT2D eigenvalue weighted by Crippen LogP contribution is -2.16. The summed E-state index contributed by atoms with van der Waals surface area (Å²) in [6.07, 6.45) is -0.965. The van der Waals surface area contributed by atoms with Gasteiger partial charge in [-0.25, -0.2) is 4.79 Å². The van der Waals surface area contributed by atoms with Gasteiger partial charge in [-0.2, -0.15) is 8.78 Å². The highest BCUT2D eigenvalue weighted by molar-refractivity contribution is 5.68. The van der Waals surface area contributed by atoms with Crippen molar-refractivity contribution in [1.82, 2.24) is 0 Å². The molecular formula is C8H7F2NO3. The number of halogens is 2. The van der Waals surface area contributed by atoms with Crippen molar-refractivity contribution in [2.24, 2.45) is 5.73 Å². The van der Waals surface area contributed by atoms with Crippen molar-refractivity contribution in [2.45, 2.75) is 6.61 Å². The second-order valence-corrected chi connectivity index (χ2v) is 2.27. The van der Waals surface area contributed by atoms with Crippen LogP contribution in [0.1, 0.15) is 0 Å². The van der Waals surface area contributed by atoms with E-state index < -0.39 is 12.7 Å². The van der Waals surface area contributed by atoms with Crippen LogP contribution in [0.15, 0.2) is 24.3 Å². The summed E-state index contributed by atoms with van der Waals surface area (Å²) in [5.74, 6) is 0.149. The van der Waals surface area contributed by atoms with Crippen LogP contribution in [0.25, 0.3) is 0 Å². The summed E-state index contributed by atoms with van der Waals surface area (Å²) < 4.78 is 31.9. The molecule has 0 fully saturated rings. The number of rotatable bonds is 3. The summed E-state index contributed by atoms with van der Waals surface area (Å²) in [5.41, 5.74) is 4.73. The maximum atomic E-state index is 11.7. The third-order valence-corrected chi connectivity index (χ3v) is 1.27. The molecule has 0 radical (unpaired) electrons.